The first kappa shape index (κ1) is 22.1. The molecular weight excluding hydrogens is 419 g/mol. The highest BCUT2D eigenvalue weighted by molar-refractivity contribution is 5.73. The minimum Gasteiger partial charge on any atom is -0.394 e. The lowest BCUT2D eigenvalue weighted by Crippen LogP contribution is -2.56. The molecular formula is C20H27FN8O3. The fourth-order valence-corrected chi connectivity index (χ4v) is 4.00. The van der Waals surface area contributed by atoms with Crippen LogP contribution in [-0.4, -0.2) is 87.4 Å². The smallest absolute Gasteiger partial charge is 0.228 e. The van der Waals surface area contributed by atoms with E-state index in [0.29, 0.717) is 57.2 Å². The van der Waals surface area contributed by atoms with Gasteiger partial charge in [-0.25, -0.2) is 19.3 Å². The summed E-state index contributed by atoms with van der Waals surface area (Å²) in [6, 6.07) is 0. The lowest BCUT2D eigenvalue weighted by Gasteiger charge is -2.42. The second kappa shape index (κ2) is 9.17. The number of ether oxygens (including phenoxy) is 1. The molecule has 4 N–H and O–H groups in total. The van der Waals surface area contributed by atoms with Crippen molar-refractivity contribution in [2.75, 3.05) is 62.0 Å². The Labute approximate surface area is 184 Å². The van der Waals surface area contributed by atoms with Crippen molar-refractivity contribution in [3.8, 4) is 11.3 Å². The van der Waals surface area contributed by atoms with E-state index in [1.165, 1.54) is 19.3 Å². The van der Waals surface area contributed by atoms with Crippen LogP contribution in [0.25, 0.3) is 11.3 Å². The average molecular weight is 446 g/mol. The van der Waals surface area contributed by atoms with Crippen LogP contribution in [0.2, 0.25) is 0 Å². The molecule has 2 saturated heterocycles. The van der Waals surface area contributed by atoms with Gasteiger partial charge in [0.1, 0.15) is 5.69 Å². The molecule has 2 fully saturated rings. The lowest BCUT2D eigenvalue weighted by molar-refractivity contribution is -0.131. The van der Waals surface area contributed by atoms with Crippen molar-refractivity contribution in [3.63, 3.8) is 0 Å². The molecule has 1 amide bonds. The Balaban J connectivity index is 1.75. The van der Waals surface area contributed by atoms with Crippen LogP contribution in [0.1, 0.15) is 19.8 Å². The van der Waals surface area contributed by atoms with Gasteiger partial charge in [0.05, 0.1) is 25.4 Å². The van der Waals surface area contributed by atoms with Gasteiger partial charge in [0.15, 0.2) is 11.6 Å². The van der Waals surface area contributed by atoms with E-state index in [0.717, 1.165) is 0 Å². The first-order valence-electron chi connectivity index (χ1n) is 10.5. The van der Waals surface area contributed by atoms with Crippen molar-refractivity contribution in [2.45, 2.75) is 25.3 Å². The highest BCUT2D eigenvalue weighted by Gasteiger charge is 2.37. The summed E-state index contributed by atoms with van der Waals surface area (Å²) in [5.41, 5.74) is 5.03. The van der Waals surface area contributed by atoms with Crippen LogP contribution in [0.4, 0.5) is 22.1 Å². The van der Waals surface area contributed by atoms with Gasteiger partial charge in [-0.3, -0.25) is 4.79 Å². The molecule has 4 rings (SSSR count). The number of nitrogens with zero attached hydrogens (tertiary/aromatic N) is 6. The fourth-order valence-electron chi connectivity index (χ4n) is 4.00. The number of aliphatic hydroxyl groups excluding tert-OH is 1. The number of halogens is 1. The van der Waals surface area contributed by atoms with Crippen LogP contribution in [0.15, 0.2) is 12.4 Å². The van der Waals surface area contributed by atoms with Crippen LogP contribution in [0.5, 0.6) is 0 Å². The van der Waals surface area contributed by atoms with E-state index in [4.69, 9.17) is 10.5 Å². The number of carbonyl (C=O) groups is 1. The first-order chi connectivity index (χ1) is 15.4. The van der Waals surface area contributed by atoms with Gasteiger partial charge in [-0.2, -0.15) is 4.98 Å². The number of aliphatic hydroxyl groups is 1. The third-order valence-corrected chi connectivity index (χ3v) is 5.79. The zero-order chi connectivity index (χ0) is 22.7. The number of nitrogens with one attached hydrogen (secondary N) is 1. The SMILES string of the molecule is CC(=O)N1CCC[C@](CO)(Nc2nc(N3CCOCC3)nc(-c3cnc(N)nc3)c2F)C1. The average Bonchev–Trinajstić information content (AvgIpc) is 2.82. The predicted octanol–water partition coefficient (Wildman–Crippen LogP) is 0.277. The van der Waals surface area contributed by atoms with Crippen LogP contribution < -0.4 is 16.0 Å². The van der Waals surface area contributed by atoms with E-state index < -0.39 is 11.4 Å². The summed E-state index contributed by atoms with van der Waals surface area (Å²) in [4.78, 5) is 32.2. The number of likely N-dealkylation sites (tertiary alicyclic amines) is 1. The summed E-state index contributed by atoms with van der Waals surface area (Å²) in [7, 11) is 0. The Bertz CT molecular complexity index is 970. The minimum absolute atomic E-state index is 0.0244. The molecule has 2 aromatic rings. The summed E-state index contributed by atoms with van der Waals surface area (Å²) < 4.78 is 21.0. The molecule has 0 aliphatic carbocycles. The van der Waals surface area contributed by atoms with E-state index in [9.17, 15) is 9.90 Å². The van der Waals surface area contributed by atoms with Gasteiger partial charge < -0.3 is 30.7 Å². The van der Waals surface area contributed by atoms with Gasteiger partial charge in [-0.1, -0.05) is 0 Å². The fraction of sp³-hybridized carbons (Fsp3) is 0.550. The van der Waals surface area contributed by atoms with Crippen molar-refractivity contribution >= 4 is 23.6 Å². The molecule has 0 saturated carbocycles. The zero-order valence-corrected chi connectivity index (χ0v) is 17.9. The Morgan fingerprint density at radius 1 is 1.28 bits per heavy atom. The number of piperidine rings is 1. The maximum atomic E-state index is 15.6. The number of amides is 1. The largest absolute Gasteiger partial charge is 0.394 e. The molecule has 2 aliphatic heterocycles. The number of aromatic nitrogens is 4. The van der Waals surface area contributed by atoms with Gasteiger partial charge in [0.2, 0.25) is 17.8 Å². The first-order valence-corrected chi connectivity index (χ1v) is 10.5. The van der Waals surface area contributed by atoms with Crippen molar-refractivity contribution in [1.29, 1.82) is 0 Å². The maximum absolute atomic E-state index is 15.6. The quantitative estimate of drug-likeness (QED) is 0.586. The third-order valence-electron chi connectivity index (χ3n) is 5.79. The van der Waals surface area contributed by atoms with Gasteiger partial charge in [-0.05, 0) is 12.8 Å². The molecule has 2 aliphatic rings. The monoisotopic (exact) mass is 446 g/mol. The molecule has 32 heavy (non-hydrogen) atoms. The second-order valence-corrected chi connectivity index (χ2v) is 8.07. The number of morpholine rings is 1. The van der Waals surface area contributed by atoms with E-state index in [2.05, 4.69) is 25.3 Å². The Morgan fingerprint density at radius 2 is 2.00 bits per heavy atom. The van der Waals surface area contributed by atoms with Crippen molar-refractivity contribution < 1.29 is 19.0 Å². The van der Waals surface area contributed by atoms with Crippen LogP contribution in [0, 0.1) is 5.82 Å². The summed E-state index contributed by atoms with van der Waals surface area (Å²) in [5.74, 6) is -0.436. The van der Waals surface area contributed by atoms with E-state index in [-0.39, 0.29) is 36.5 Å². The normalized spacial score (nSPS) is 21.5. The van der Waals surface area contributed by atoms with Crippen LogP contribution in [0.3, 0.4) is 0 Å². The van der Waals surface area contributed by atoms with Crippen LogP contribution >= 0.6 is 0 Å². The molecule has 0 bridgehead atoms. The topological polar surface area (TPSA) is 143 Å². The van der Waals surface area contributed by atoms with Gasteiger partial charge in [-0.15, -0.1) is 0 Å². The number of hydrogen-bond acceptors (Lipinski definition) is 10. The number of nitrogen functional groups attached to an aromatic ring is 1. The summed E-state index contributed by atoms with van der Waals surface area (Å²) >= 11 is 0. The number of hydrogen-bond donors (Lipinski definition) is 3. The van der Waals surface area contributed by atoms with Gasteiger partial charge in [0.25, 0.3) is 0 Å². The van der Waals surface area contributed by atoms with Crippen LogP contribution in [-0.2, 0) is 9.53 Å². The van der Waals surface area contributed by atoms with Crippen molar-refractivity contribution in [3.05, 3.63) is 18.2 Å². The number of anilines is 3. The highest BCUT2D eigenvalue weighted by Crippen LogP contribution is 2.31. The third kappa shape index (κ3) is 4.55. The summed E-state index contributed by atoms with van der Waals surface area (Å²) in [6.45, 7) is 4.18. The highest BCUT2D eigenvalue weighted by atomic mass is 19.1. The molecule has 11 nitrogen and oxygen atoms in total. The molecule has 0 radical (unpaired) electrons. The van der Waals surface area contributed by atoms with Crippen molar-refractivity contribution in [2.24, 2.45) is 0 Å². The predicted molar refractivity (Wildman–Crippen MR) is 115 cm³/mol. The van der Waals surface area contributed by atoms with Crippen molar-refractivity contribution in [1.82, 2.24) is 24.8 Å². The molecule has 0 aromatic carbocycles. The van der Waals surface area contributed by atoms with E-state index >= 15 is 4.39 Å². The van der Waals surface area contributed by atoms with Gasteiger partial charge in [0, 0.05) is 51.1 Å². The number of carbonyl (C=O) groups excluding carboxylic acids is 1. The Morgan fingerprint density at radius 3 is 2.66 bits per heavy atom. The standard InChI is InChI=1S/C20H27FN8O3/c1-13(31)29-4-2-3-20(11-29,12-30)27-17-15(21)16(14-9-23-18(22)24-10-14)25-19(26-17)28-5-7-32-8-6-28/h9-10,30H,2-8,11-12H2,1H3,(H2,22,23,24)(H,25,26,27)/t20-/m0/s1. The molecule has 0 spiro atoms. The zero-order valence-electron chi connectivity index (χ0n) is 17.9. The van der Waals surface area contributed by atoms with Gasteiger partial charge >= 0.3 is 0 Å². The Hall–Kier alpha value is -3.12. The number of nitrogens with two attached hydrogens (primary N) is 1. The molecule has 12 heteroatoms. The summed E-state index contributed by atoms with van der Waals surface area (Å²) in [5, 5.41) is 13.3. The maximum Gasteiger partial charge on any atom is 0.228 e. The molecule has 1 atom stereocenters. The van der Waals surface area contributed by atoms with E-state index in [1.54, 1.807) is 4.90 Å². The molecule has 4 heterocycles. The molecule has 172 valence electrons. The molecule has 0 unspecified atom stereocenters. The summed E-state index contributed by atoms with van der Waals surface area (Å²) in [6.07, 6.45) is 4.04. The lowest BCUT2D eigenvalue weighted by atomic mass is 9.89. The second-order valence-electron chi connectivity index (χ2n) is 8.07. The minimum atomic E-state index is -0.920. The molecule has 2 aromatic heterocycles. The van der Waals surface area contributed by atoms with E-state index in [1.807, 2.05) is 4.90 Å². The number of rotatable bonds is 5. The Kier molecular flexibility index (Phi) is 6.33.